The fraction of sp³-hybridized carbons (Fsp3) is 0.154. The molecule has 3 nitrogen and oxygen atoms in total. The van der Waals surface area contributed by atoms with Gasteiger partial charge in [-0.3, -0.25) is 4.79 Å². The van der Waals surface area contributed by atoms with Gasteiger partial charge in [0.15, 0.2) is 0 Å². The first-order chi connectivity index (χ1) is 8.86. The first-order valence-corrected chi connectivity index (χ1v) is 5.48. The van der Waals surface area contributed by atoms with Crippen LogP contribution < -0.4 is 11.3 Å². The Morgan fingerprint density at radius 3 is 2.26 bits per heavy atom. The number of pyridine rings is 1. The summed E-state index contributed by atoms with van der Waals surface area (Å²) < 4.78 is 38.5. The molecule has 0 aliphatic heterocycles. The normalized spacial score (nSPS) is 11.5. The van der Waals surface area contributed by atoms with E-state index in [4.69, 9.17) is 5.73 Å². The molecule has 0 bridgehead atoms. The molecular weight excluding hydrogens is 257 g/mol. The van der Waals surface area contributed by atoms with E-state index in [9.17, 15) is 18.0 Å². The topological polar surface area (TPSA) is 48.0 Å². The van der Waals surface area contributed by atoms with Gasteiger partial charge in [0.05, 0.1) is 12.1 Å². The first kappa shape index (κ1) is 13.2. The SMILES string of the molecule is Nc1ccc(=O)n(Cc2ccc(C(F)(F)F)cc2)c1. The molecule has 0 amide bonds. The standard InChI is InChI=1S/C13H11F3N2O/c14-13(15,16)10-3-1-9(2-4-10)7-18-8-11(17)5-6-12(18)19/h1-6,8H,7,17H2. The molecule has 1 heterocycles. The number of aromatic nitrogens is 1. The summed E-state index contributed by atoms with van der Waals surface area (Å²) in [6.07, 6.45) is -2.90. The molecule has 100 valence electrons. The highest BCUT2D eigenvalue weighted by Crippen LogP contribution is 2.29. The molecular formula is C13H11F3N2O. The van der Waals surface area contributed by atoms with Gasteiger partial charge >= 0.3 is 6.18 Å². The van der Waals surface area contributed by atoms with Crippen LogP contribution in [-0.4, -0.2) is 4.57 Å². The molecule has 0 saturated carbocycles. The van der Waals surface area contributed by atoms with Crippen LogP contribution in [0.15, 0.2) is 47.4 Å². The summed E-state index contributed by atoms with van der Waals surface area (Å²) in [6, 6.07) is 7.47. The molecule has 0 atom stereocenters. The second-order valence-corrected chi connectivity index (χ2v) is 4.12. The van der Waals surface area contributed by atoms with Crippen molar-refractivity contribution >= 4 is 5.69 Å². The fourth-order valence-corrected chi connectivity index (χ4v) is 1.67. The summed E-state index contributed by atoms with van der Waals surface area (Å²) in [5.41, 5.74) is 5.61. The maximum Gasteiger partial charge on any atom is 0.416 e. The van der Waals surface area contributed by atoms with Gasteiger partial charge in [0.2, 0.25) is 0 Å². The average Bonchev–Trinajstić information content (AvgIpc) is 2.33. The van der Waals surface area contributed by atoms with Crippen LogP contribution in [0.4, 0.5) is 18.9 Å². The van der Waals surface area contributed by atoms with Crippen molar-refractivity contribution in [1.29, 1.82) is 0 Å². The maximum absolute atomic E-state index is 12.4. The lowest BCUT2D eigenvalue weighted by Gasteiger charge is -2.09. The monoisotopic (exact) mass is 268 g/mol. The van der Waals surface area contributed by atoms with Crippen LogP contribution in [0.3, 0.4) is 0 Å². The zero-order valence-electron chi connectivity index (χ0n) is 9.82. The Balaban J connectivity index is 2.25. The van der Waals surface area contributed by atoms with E-state index in [-0.39, 0.29) is 12.1 Å². The van der Waals surface area contributed by atoms with E-state index in [1.165, 1.54) is 35.0 Å². The largest absolute Gasteiger partial charge is 0.416 e. The van der Waals surface area contributed by atoms with Crippen molar-refractivity contribution < 1.29 is 13.2 Å². The Morgan fingerprint density at radius 1 is 1.05 bits per heavy atom. The van der Waals surface area contributed by atoms with Crippen LogP contribution in [0.1, 0.15) is 11.1 Å². The number of nitrogen functional groups attached to an aromatic ring is 1. The molecule has 0 radical (unpaired) electrons. The van der Waals surface area contributed by atoms with E-state index in [1.807, 2.05) is 0 Å². The number of alkyl halides is 3. The highest BCUT2D eigenvalue weighted by atomic mass is 19.4. The van der Waals surface area contributed by atoms with Crippen molar-refractivity contribution in [2.45, 2.75) is 12.7 Å². The maximum atomic E-state index is 12.4. The molecule has 0 fully saturated rings. The molecule has 0 saturated heterocycles. The van der Waals surface area contributed by atoms with E-state index in [1.54, 1.807) is 0 Å². The van der Waals surface area contributed by atoms with Gasteiger partial charge in [-0.2, -0.15) is 13.2 Å². The van der Waals surface area contributed by atoms with E-state index in [2.05, 4.69) is 0 Å². The number of nitrogens with two attached hydrogens (primary N) is 1. The Kier molecular flexibility index (Phi) is 3.33. The number of halogens is 3. The second-order valence-electron chi connectivity index (χ2n) is 4.12. The van der Waals surface area contributed by atoms with Gasteiger partial charge in [-0.25, -0.2) is 0 Å². The average molecular weight is 268 g/mol. The third kappa shape index (κ3) is 3.15. The fourth-order valence-electron chi connectivity index (χ4n) is 1.67. The lowest BCUT2D eigenvalue weighted by atomic mass is 10.1. The van der Waals surface area contributed by atoms with E-state index < -0.39 is 11.7 Å². The van der Waals surface area contributed by atoms with E-state index in [0.29, 0.717) is 11.3 Å². The van der Waals surface area contributed by atoms with Gasteiger partial charge < -0.3 is 10.3 Å². The number of hydrogen-bond acceptors (Lipinski definition) is 2. The number of benzene rings is 1. The van der Waals surface area contributed by atoms with Crippen LogP contribution in [0.2, 0.25) is 0 Å². The predicted octanol–water partition coefficient (Wildman–Crippen LogP) is 2.50. The Morgan fingerprint density at radius 2 is 1.68 bits per heavy atom. The van der Waals surface area contributed by atoms with Crippen LogP contribution in [0, 0.1) is 0 Å². The van der Waals surface area contributed by atoms with Crippen molar-refractivity contribution in [3.05, 3.63) is 64.1 Å². The smallest absolute Gasteiger partial charge is 0.398 e. The molecule has 19 heavy (non-hydrogen) atoms. The summed E-state index contributed by atoms with van der Waals surface area (Å²) in [4.78, 5) is 11.5. The van der Waals surface area contributed by atoms with Crippen LogP contribution >= 0.6 is 0 Å². The van der Waals surface area contributed by atoms with Gasteiger partial charge in [0.25, 0.3) is 5.56 Å². The molecule has 0 aliphatic carbocycles. The Labute approximate surface area is 107 Å². The highest BCUT2D eigenvalue weighted by molar-refractivity contribution is 5.34. The molecule has 2 N–H and O–H groups in total. The third-order valence-corrected chi connectivity index (χ3v) is 2.64. The lowest BCUT2D eigenvalue weighted by Crippen LogP contribution is -2.19. The van der Waals surface area contributed by atoms with Crippen molar-refractivity contribution in [2.24, 2.45) is 0 Å². The number of nitrogens with zero attached hydrogens (tertiary/aromatic N) is 1. The summed E-state index contributed by atoms with van der Waals surface area (Å²) in [5, 5.41) is 0. The van der Waals surface area contributed by atoms with Crippen LogP contribution in [0.25, 0.3) is 0 Å². The Hall–Kier alpha value is -2.24. The lowest BCUT2D eigenvalue weighted by molar-refractivity contribution is -0.137. The number of anilines is 1. The van der Waals surface area contributed by atoms with Gasteiger partial charge in [0.1, 0.15) is 0 Å². The minimum Gasteiger partial charge on any atom is -0.398 e. The minimum atomic E-state index is -4.35. The van der Waals surface area contributed by atoms with Gasteiger partial charge in [-0.15, -0.1) is 0 Å². The highest BCUT2D eigenvalue weighted by Gasteiger charge is 2.29. The molecule has 0 aliphatic rings. The molecule has 1 aromatic heterocycles. The molecule has 2 rings (SSSR count). The molecule has 2 aromatic rings. The van der Waals surface area contributed by atoms with Crippen molar-refractivity contribution in [3.8, 4) is 0 Å². The number of hydrogen-bond donors (Lipinski definition) is 1. The zero-order valence-corrected chi connectivity index (χ0v) is 9.82. The molecule has 6 heteroatoms. The quantitative estimate of drug-likeness (QED) is 0.909. The third-order valence-electron chi connectivity index (χ3n) is 2.64. The van der Waals surface area contributed by atoms with Crippen molar-refractivity contribution in [3.63, 3.8) is 0 Å². The predicted molar refractivity (Wildman–Crippen MR) is 65.7 cm³/mol. The summed E-state index contributed by atoms with van der Waals surface area (Å²) in [5.74, 6) is 0. The first-order valence-electron chi connectivity index (χ1n) is 5.48. The van der Waals surface area contributed by atoms with E-state index >= 15 is 0 Å². The minimum absolute atomic E-state index is 0.183. The Bertz CT molecular complexity index is 630. The van der Waals surface area contributed by atoms with Gasteiger partial charge in [0, 0.05) is 18.0 Å². The van der Waals surface area contributed by atoms with Crippen LogP contribution in [0.5, 0.6) is 0 Å². The van der Waals surface area contributed by atoms with Gasteiger partial charge in [-0.05, 0) is 23.8 Å². The van der Waals surface area contributed by atoms with Crippen molar-refractivity contribution in [2.75, 3.05) is 5.73 Å². The van der Waals surface area contributed by atoms with Crippen LogP contribution in [-0.2, 0) is 12.7 Å². The zero-order chi connectivity index (χ0) is 14.0. The van der Waals surface area contributed by atoms with Crippen molar-refractivity contribution in [1.82, 2.24) is 4.57 Å². The summed E-state index contributed by atoms with van der Waals surface area (Å²) >= 11 is 0. The number of rotatable bonds is 2. The van der Waals surface area contributed by atoms with E-state index in [0.717, 1.165) is 12.1 Å². The molecule has 0 spiro atoms. The summed E-state index contributed by atoms with van der Waals surface area (Å²) in [6.45, 7) is 0.183. The molecule has 1 aromatic carbocycles. The second kappa shape index (κ2) is 4.79. The summed E-state index contributed by atoms with van der Waals surface area (Å²) in [7, 11) is 0. The molecule has 0 unspecified atom stereocenters. The van der Waals surface area contributed by atoms with Gasteiger partial charge in [-0.1, -0.05) is 12.1 Å².